The van der Waals surface area contributed by atoms with Crippen molar-refractivity contribution in [1.82, 2.24) is 4.90 Å². The highest BCUT2D eigenvalue weighted by Gasteiger charge is 2.38. The minimum atomic E-state index is 0.0533. The summed E-state index contributed by atoms with van der Waals surface area (Å²) >= 11 is 0.0533. The van der Waals surface area contributed by atoms with Gasteiger partial charge in [0, 0.05) is 18.6 Å². The van der Waals surface area contributed by atoms with Crippen molar-refractivity contribution in [2.75, 3.05) is 6.54 Å². The first kappa shape index (κ1) is 13.4. The van der Waals surface area contributed by atoms with Crippen LogP contribution in [-0.4, -0.2) is 21.5 Å². The standard InChI is InChI=1S/C19H19IN2/c21-19-17-6-3-9-22(17)11-16-13-5-2-1-4-12(13)15-10-20-8-7-14(15)18(16)19/h1-2,4-5,7-8,10,17,19H,3,6,9,11,21H2. The predicted molar refractivity (Wildman–Crippen MR) is 103 cm³/mol. The molecule has 0 radical (unpaired) electrons. The van der Waals surface area contributed by atoms with Crippen molar-refractivity contribution in [2.45, 2.75) is 31.5 Å². The lowest BCUT2D eigenvalue weighted by molar-refractivity contribution is 0.198. The summed E-state index contributed by atoms with van der Waals surface area (Å²) < 4.78 is 4.86. The average molecular weight is 402 g/mol. The van der Waals surface area contributed by atoms with E-state index in [2.05, 4.69) is 43.3 Å². The van der Waals surface area contributed by atoms with Crippen LogP contribution in [0.4, 0.5) is 0 Å². The second-order valence-electron chi connectivity index (χ2n) is 6.50. The van der Waals surface area contributed by atoms with Gasteiger partial charge in [0.1, 0.15) is 0 Å². The molecule has 2 aromatic carbocycles. The number of hydrogen-bond donors (Lipinski definition) is 1. The lowest BCUT2D eigenvalue weighted by atomic mass is 9.81. The topological polar surface area (TPSA) is 29.3 Å². The molecule has 0 saturated carbocycles. The van der Waals surface area contributed by atoms with E-state index >= 15 is 0 Å². The molecule has 3 aliphatic rings. The molecule has 0 aliphatic carbocycles. The van der Waals surface area contributed by atoms with Crippen molar-refractivity contribution in [3.05, 3.63) is 50.6 Å². The SMILES string of the molecule is NC1c2c3c(c4ccccc4c2CN2CCCC12)C=IC=C3. The summed E-state index contributed by atoms with van der Waals surface area (Å²) in [7, 11) is 0. The van der Waals surface area contributed by atoms with Crippen LogP contribution in [0.15, 0.2) is 28.3 Å². The third-order valence-corrected chi connectivity index (χ3v) is 7.20. The molecular formula is C19H19IN2. The van der Waals surface area contributed by atoms with E-state index in [1.807, 2.05) is 0 Å². The average Bonchev–Trinajstić information content (AvgIpc) is 3.04. The van der Waals surface area contributed by atoms with Gasteiger partial charge in [-0.1, -0.05) is 45.0 Å². The number of halogens is 1. The lowest BCUT2D eigenvalue weighted by Gasteiger charge is -2.39. The molecule has 0 bridgehead atoms. The van der Waals surface area contributed by atoms with Gasteiger partial charge < -0.3 is 5.73 Å². The highest BCUT2D eigenvalue weighted by molar-refractivity contribution is 14.2. The van der Waals surface area contributed by atoms with E-state index in [0.29, 0.717) is 6.04 Å². The summed E-state index contributed by atoms with van der Waals surface area (Å²) in [5.74, 6) is 0. The number of nitrogens with two attached hydrogens (primary N) is 1. The second kappa shape index (κ2) is 4.98. The summed E-state index contributed by atoms with van der Waals surface area (Å²) in [6, 6.07) is 9.63. The Morgan fingerprint density at radius 1 is 1.14 bits per heavy atom. The maximum Gasteiger partial charge on any atom is 0.0462 e. The third kappa shape index (κ3) is 1.76. The van der Waals surface area contributed by atoms with Crippen LogP contribution < -0.4 is 5.73 Å². The molecular weight excluding hydrogens is 383 g/mol. The van der Waals surface area contributed by atoms with E-state index in [1.165, 1.54) is 52.4 Å². The molecule has 2 atom stereocenters. The number of hydrogen-bond acceptors (Lipinski definition) is 2. The van der Waals surface area contributed by atoms with Crippen molar-refractivity contribution in [3.63, 3.8) is 0 Å². The third-order valence-electron chi connectivity index (χ3n) is 5.45. The van der Waals surface area contributed by atoms with Gasteiger partial charge in [-0.15, -0.1) is 0 Å². The lowest BCUT2D eigenvalue weighted by Crippen LogP contribution is -2.43. The van der Waals surface area contributed by atoms with Gasteiger partial charge in [0.2, 0.25) is 0 Å². The van der Waals surface area contributed by atoms with Gasteiger partial charge >= 0.3 is 0 Å². The first-order valence-corrected chi connectivity index (χ1v) is 10.5. The van der Waals surface area contributed by atoms with Gasteiger partial charge in [0.25, 0.3) is 0 Å². The van der Waals surface area contributed by atoms with Gasteiger partial charge in [0.05, 0.1) is 0 Å². The van der Waals surface area contributed by atoms with Crippen molar-refractivity contribution < 1.29 is 0 Å². The van der Waals surface area contributed by atoms with Crippen LogP contribution in [-0.2, 0) is 6.54 Å². The van der Waals surface area contributed by atoms with E-state index in [9.17, 15) is 0 Å². The van der Waals surface area contributed by atoms with Crippen molar-refractivity contribution in [1.29, 1.82) is 0 Å². The van der Waals surface area contributed by atoms with Crippen LogP contribution >= 0.6 is 20.7 Å². The molecule has 22 heavy (non-hydrogen) atoms. The Hall–Kier alpha value is -1.04. The number of fused-ring (bicyclic) bond motifs is 7. The molecule has 0 aromatic heterocycles. The van der Waals surface area contributed by atoms with Crippen LogP contribution in [0.1, 0.15) is 41.1 Å². The minimum Gasteiger partial charge on any atom is -0.323 e. The van der Waals surface area contributed by atoms with Crippen LogP contribution in [0.2, 0.25) is 0 Å². The van der Waals surface area contributed by atoms with E-state index in [1.54, 1.807) is 0 Å². The highest BCUT2D eigenvalue weighted by atomic mass is 127. The van der Waals surface area contributed by atoms with E-state index in [0.717, 1.165) is 6.54 Å². The molecule has 3 heteroatoms. The molecule has 1 saturated heterocycles. The Morgan fingerprint density at radius 3 is 2.91 bits per heavy atom. The number of rotatable bonds is 0. The molecule has 2 unspecified atom stereocenters. The molecule has 5 rings (SSSR count). The van der Waals surface area contributed by atoms with E-state index in [4.69, 9.17) is 5.73 Å². The molecule has 2 nitrogen and oxygen atoms in total. The van der Waals surface area contributed by atoms with Crippen molar-refractivity contribution in [3.8, 4) is 0 Å². The summed E-state index contributed by atoms with van der Waals surface area (Å²) in [4.78, 5) is 2.61. The molecule has 3 aliphatic heterocycles. The quantitative estimate of drug-likeness (QED) is 0.677. The Morgan fingerprint density at radius 2 is 2.00 bits per heavy atom. The zero-order valence-corrected chi connectivity index (χ0v) is 14.6. The molecule has 2 N–H and O–H groups in total. The smallest absolute Gasteiger partial charge is 0.0462 e. The second-order valence-corrected chi connectivity index (χ2v) is 8.56. The largest absolute Gasteiger partial charge is 0.323 e. The van der Waals surface area contributed by atoms with Gasteiger partial charge in [-0.3, -0.25) is 4.90 Å². The molecule has 3 heterocycles. The number of nitrogens with zero attached hydrogens (tertiary/aromatic N) is 1. The zero-order valence-electron chi connectivity index (χ0n) is 12.4. The van der Waals surface area contributed by atoms with Crippen LogP contribution in [0.25, 0.3) is 16.8 Å². The predicted octanol–water partition coefficient (Wildman–Crippen LogP) is 3.92. The van der Waals surface area contributed by atoms with Crippen LogP contribution in [0, 0.1) is 0 Å². The maximum absolute atomic E-state index is 6.77. The van der Waals surface area contributed by atoms with Gasteiger partial charge in [-0.25, -0.2) is 0 Å². The fourth-order valence-electron chi connectivity index (χ4n) is 4.48. The van der Waals surface area contributed by atoms with Gasteiger partial charge in [0.15, 0.2) is 0 Å². The van der Waals surface area contributed by atoms with Crippen LogP contribution in [0.3, 0.4) is 0 Å². The van der Waals surface area contributed by atoms with E-state index in [-0.39, 0.29) is 26.8 Å². The minimum absolute atomic E-state index is 0.0533. The van der Waals surface area contributed by atoms with Crippen molar-refractivity contribution >= 4 is 41.6 Å². The molecule has 0 amide bonds. The van der Waals surface area contributed by atoms with Gasteiger partial charge in [-0.05, 0) is 66.6 Å². The Kier molecular flexibility index (Phi) is 3.03. The zero-order chi connectivity index (χ0) is 14.7. The molecule has 2 aromatic rings. The molecule has 112 valence electrons. The monoisotopic (exact) mass is 402 g/mol. The molecule has 1 fully saturated rings. The normalized spacial score (nSPS) is 26.4. The summed E-state index contributed by atoms with van der Waals surface area (Å²) in [6.07, 6.45) is 4.90. The Labute approximate surface area is 140 Å². The first-order valence-electron chi connectivity index (χ1n) is 8.03. The summed E-state index contributed by atoms with van der Waals surface area (Å²) in [6.45, 7) is 2.28. The fraction of sp³-hybridized carbons (Fsp3) is 0.316. The highest BCUT2D eigenvalue weighted by Crippen LogP contribution is 2.43. The molecule has 0 spiro atoms. The van der Waals surface area contributed by atoms with Gasteiger partial charge in [-0.2, -0.15) is 0 Å². The van der Waals surface area contributed by atoms with E-state index < -0.39 is 0 Å². The summed E-state index contributed by atoms with van der Waals surface area (Å²) in [5.41, 5.74) is 12.6. The van der Waals surface area contributed by atoms with Crippen LogP contribution in [0.5, 0.6) is 0 Å². The Balaban J connectivity index is 1.89. The van der Waals surface area contributed by atoms with Crippen molar-refractivity contribution in [2.24, 2.45) is 5.73 Å². The summed E-state index contributed by atoms with van der Waals surface area (Å²) in [5, 5.41) is 2.85. The first-order chi connectivity index (χ1) is 10.8. The number of benzene rings is 2. The Bertz CT molecular complexity index is 837. The fourth-order valence-corrected chi connectivity index (χ4v) is 6.28. The maximum atomic E-state index is 6.77.